The molecule has 0 atom stereocenters. The van der Waals surface area contributed by atoms with E-state index in [9.17, 15) is 9.59 Å². The summed E-state index contributed by atoms with van der Waals surface area (Å²) >= 11 is 0. The summed E-state index contributed by atoms with van der Waals surface area (Å²) in [6, 6.07) is 0. The molecule has 0 aliphatic carbocycles. The summed E-state index contributed by atoms with van der Waals surface area (Å²) in [5.41, 5.74) is 0.0610. The topological polar surface area (TPSA) is 46.6 Å². The van der Waals surface area contributed by atoms with Gasteiger partial charge in [0.15, 0.2) is 5.78 Å². The number of allylic oxidation sites excluding steroid dienone is 2. The van der Waals surface area contributed by atoms with Gasteiger partial charge in [0, 0.05) is 13.1 Å². The first-order valence-electron chi connectivity index (χ1n) is 5.28. The van der Waals surface area contributed by atoms with Crippen molar-refractivity contribution in [3.8, 4) is 0 Å². The lowest BCUT2D eigenvalue weighted by atomic mass is 10.2. The fraction of sp³-hybridized carbons (Fsp3) is 0.500. The first-order valence-corrected chi connectivity index (χ1v) is 5.28. The maximum atomic E-state index is 11.2. The average Bonchev–Trinajstić information content (AvgIpc) is 2.28. The molecule has 0 aliphatic heterocycles. The predicted molar refractivity (Wildman–Crippen MR) is 62.8 cm³/mol. The Morgan fingerprint density at radius 1 is 1.25 bits per heavy atom. The van der Waals surface area contributed by atoms with Crippen LogP contribution in [0, 0.1) is 0 Å². The number of esters is 1. The van der Waals surface area contributed by atoms with Gasteiger partial charge in [0.2, 0.25) is 0 Å². The van der Waals surface area contributed by atoms with E-state index >= 15 is 0 Å². The second-order valence-electron chi connectivity index (χ2n) is 3.19. The Morgan fingerprint density at radius 3 is 2.19 bits per heavy atom. The molecule has 0 bridgehead atoms. The molecule has 16 heavy (non-hydrogen) atoms. The maximum absolute atomic E-state index is 11.2. The summed E-state index contributed by atoms with van der Waals surface area (Å²) in [6.45, 7) is 7.17. The third-order valence-corrected chi connectivity index (χ3v) is 2.16. The minimum absolute atomic E-state index is 0.0610. The van der Waals surface area contributed by atoms with E-state index < -0.39 is 5.97 Å². The van der Waals surface area contributed by atoms with Crippen LogP contribution in [0.15, 0.2) is 23.9 Å². The third-order valence-electron chi connectivity index (χ3n) is 2.16. The molecule has 0 aromatic carbocycles. The summed E-state index contributed by atoms with van der Waals surface area (Å²) < 4.78 is 4.51. The first-order chi connectivity index (χ1) is 7.56. The number of ketones is 1. The van der Waals surface area contributed by atoms with E-state index in [2.05, 4.69) is 4.74 Å². The van der Waals surface area contributed by atoms with Gasteiger partial charge in [-0.05, 0) is 39.1 Å². The Kier molecular flexibility index (Phi) is 6.92. The van der Waals surface area contributed by atoms with Crippen molar-refractivity contribution in [2.24, 2.45) is 0 Å². The molecule has 0 radical (unpaired) electrons. The van der Waals surface area contributed by atoms with Crippen LogP contribution in [0.25, 0.3) is 0 Å². The third kappa shape index (κ3) is 4.77. The van der Waals surface area contributed by atoms with Crippen molar-refractivity contribution in [2.45, 2.75) is 20.8 Å². The summed E-state index contributed by atoms with van der Waals surface area (Å²) in [6.07, 6.45) is 5.00. The fourth-order valence-corrected chi connectivity index (χ4v) is 1.13. The molecule has 4 heteroatoms. The zero-order valence-electron chi connectivity index (χ0n) is 10.3. The van der Waals surface area contributed by atoms with Crippen LogP contribution < -0.4 is 0 Å². The average molecular weight is 225 g/mol. The lowest BCUT2D eigenvalue weighted by Gasteiger charge is -2.13. The molecule has 0 saturated heterocycles. The summed E-state index contributed by atoms with van der Waals surface area (Å²) in [5, 5.41) is 0. The smallest absolute Gasteiger partial charge is 0.341 e. The molecule has 0 spiro atoms. The van der Waals surface area contributed by atoms with Gasteiger partial charge in [-0.1, -0.05) is 0 Å². The van der Waals surface area contributed by atoms with E-state index in [0.29, 0.717) is 0 Å². The van der Waals surface area contributed by atoms with E-state index in [1.807, 2.05) is 24.9 Å². The van der Waals surface area contributed by atoms with Crippen molar-refractivity contribution in [3.05, 3.63) is 23.9 Å². The highest BCUT2D eigenvalue weighted by Gasteiger charge is 2.12. The van der Waals surface area contributed by atoms with Crippen LogP contribution >= 0.6 is 0 Å². The Morgan fingerprint density at radius 2 is 1.81 bits per heavy atom. The number of Topliss-reactive ketones (excluding diaryl/α,β-unsaturated/α-hetero) is 1. The van der Waals surface area contributed by atoms with Crippen LogP contribution in [-0.4, -0.2) is 36.9 Å². The number of rotatable bonds is 6. The van der Waals surface area contributed by atoms with Crippen molar-refractivity contribution in [1.29, 1.82) is 0 Å². The normalized spacial score (nSPS) is 11.6. The lowest BCUT2D eigenvalue weighted by Crippen LogP contribution is -2.15. The van der Waals surface area contributed by atoms with E-state index in [1.54, 1.807) is 6.08 Å². The van der Waals surface area contributed by atoms with Crippen molar-refractivity contribution < 1.29 is 14.3 Å². The van der Waals surface area contributed by atoms with Gasteiger partial charge in [0.1, 0.15) is 5.57 Å². The van der Waals surface area contributed by atoms with Crippen molar-refractivity contribution in [1.82, 2.24) is 4.90 Å². The van der Waals surface area contributed by atoms with Gasteiger partial charge in [-0.15, -0.1) is 0 Å². The summed E-state index contributed by atoms with van der Waals surface area (Å²) in [4.78, 5) is 24.4. The van der Waals surface area contributed by atoms with Gasteiger partial charge < -0.3 is 9.64 Å². The molecule has 0 aromatic heterocycles. The molecule has 0 aliphatic rings. The van der Waals surface area contributed by atoms with Gasteiger partial charge >= 0.3 is 5.97 Å². The van der Waals surface area contributed by atoms with Gasteiger partial charge in [0.05, 0.1) is 7.11 Å². The SMILES string of the molecule is CCN(/C=C/C=C(/C(C)=O)C(=O)OC)CC. The molecule has 90 valence electrons. The number of carbonyl (C=O) groups excluding carboxylic acids is 2. The van der Waals surface area contributed by atoms with Crippen molar-refractivity contribution >= 4 is 11.8 Å². The quantitative estimate of drug-likeness (QED) is 0.226. The predicted octanol–water partition coefficient (Wildman–Crippen LogP) is 1.53. The number of hydrogen-bond acceptors (Lipinski definition) is 4. The van der Waals surface area contributed by atoms with Crippen LogP contribution in [0.1, 0.15) is 20.8 Å². The Labute approximate surface area is 96.6 Å². The second-order valence-corrected chi connectivity index (χ2v) is 3.19. The van der Waals surface area contributed by atoms with Crippen LogP contribution in [0.3, 0.4) is 0 Å². The van der Waals surface area contributed by atoms with Crippen molar-refractivity contribution in [2.75, 3.05) is 20.2 Å². The Hall–Kier alpha value is -1.58. The van der Waals surface area contributed by atoms with E-state index in [4.69, 9.17) is 0 Å². The number of methoxy groups -OCH3 is 1. The molecule has 0 N–H and O–H groups in total. The lowest BCUT2D eigenvalue weighted by molar-refractivity contribution is -0.137. The van der Waals surface area contributed by atoms with Crippen LogP contribution in [0.5, 0.6) is 0 Å². The molecule has 4 nitrogen and oxygen atoms in total. The maximum Gasteiger partial charge on any atom is 0.341 e. The van der Waals surface area contributed by atoms with Crippen molar-refractivity contribution in [3.63, 3.8) is 0 Å². The second kappa shape index (κ2) is 7.68. The Balaban J connectivity index is 4.69. The molecule has 0 unspecified atom stereocenters. The zero-order valence-corrected chi connectivity index (χ0v) is 10.3. The molecule has 0 rings (SSSR count). The minimum atomic E-state index is -0.600. The van der Waals surface area contributed by atoms with Gasteiger partial charge in [-0.3, -0.25) is 4.79 Å². The number of nitrogens with zero attached hydrogens (tertiary/aromatic N) is 1. The zero-order chi connectivity index (χ0) is 12.6. The van der Waals surface area contributed by atoms with Crippen LogP contribution in [0.2, 0.25) is 0 Å². The first kappa shape index (κ1) is 14.4. The highest BCUT2D eigenvalue weighted by Crippen LogP contribution is 2.00. The number of ether oxygens (including phenoxy) is 1. The fourth-order valence-electron chi connectivity index (χ4n) is 1.13. The van der Waals surface area contributed by atoms with Crippen LogP contribution in [-0.2, 0) is 14.3 Å². The van der Waals surface area contributed by atoms with E-state index in [0.717, 1.165) is 13.1 Å². The van der Waals surface area contributed by atoms with E-state index in [1.165, 1.54) is 20.1 Å². The highest BCUT2D eigenvalue weighted by molar-refractivity contribution is 6.16. The summed E-state index contributed by atoms with van der Waals surface area (Å²) in [5.74, 6) is -0.896. The molecular weight excluding hydrogens is 206 g/mol. The minimum Gasteiger partial charge on any atom is -0.465 e. The van der Waals surface area contributed by atoms with E-state index in [-0.39, 0.29) is 11.4 Å². The molecule has 0 saturated carbocycles. The largest absolute Gasteiger partial charge is 0.465 e. The Bertz CT molecular complexity index is 301. The molecule has 0 amide bonds. The molecular formula is C12H19NO3. The molecule has 0 heterocycles. The van der Waals surface area contributed by atoms with Gasteiger partial charge in [0.25, 0.3) is 0 Å². The molecule has 0 aromatic rings. The van der Waals surface area contributed by atoms with Gasteiger partial charge in [-0.2, -0.15) is 0 Å². The summed E-state index contributed by atoms with van der Waals surface area (Å²) in [7, 11) is 1.26. The van der Waals surface area contributed by atoms with Gasteiger partial charge in [-0.25, -0.2) is 4.79 Å². The number of carbonyl (C=O) groups is 2. The molecule has 0 fully saturated rings. The standard InChI is InChI=1S/C12H19NO3/c1-5-13(6-2)9-7-8-11(10(3)14)12(15)16-4/h7-9H,5-6H2,1-4H3/b9-7+,11-8-. The monoisotopic (exact) mass is 225 g/mol. The van der Waals surface area contributed by atoms with Crippen LogP contribution in [0.4, 0.5) is 0 Å². The number of hydrogen-bond donors (Lipinski definition) is 0. The highest BCUT2D eigenvalue weighted by atomic mass is 16.5.